The monoisotopic (exact) mass is 450 g/mol. The molecule has 3 aliphatic heterocycles. The van der Waals surface area contributed by atoms with Gasteiger partial charge < -0.3 is 33.2 Å². The molecule has 0 unspecified atom stereocenters. The predicted molar refractivity (Wildman–Crippen MR) is 110 cm³/mol. The Morgan fingerprint density at radius 2 is 1.84 bits per heavy atom. The molecule has 12 heteroatoms. The number of anilines is 1. The van der Waals surface area contributed by atoms with E-state index in [2.05, 4.69) is 10.0 Å². The highest BCUT2D eigenvalue weighted by atomic mass is 16.8. The highest BCUT2D eigenvalue weighted by Gasteiger charge is 2.59. The summed E-state index contributed by atoms with van der Waals surface area (Å²) < 4.78 is 40.2. The van der Waals surface area contributed by atoms with Gasteiger partial charge in [-0.15, -0.1) is 0 Å². The third-order valence-electron chi connectivity index (χ3n) is 6.07. The van der Waals surface area contributed by atoms with Crippen LogP contribution in [-0.4, -0.2) is 76.5 Å². The fraction of sp³-hybridized carbons (Fsp3) is 0.650. The van der Waals surface area contributed by atoms with Crippen LogP contribution >= 0.6 is 0 Å². The molecule has 2 fully saturated rings. The molecule has 1 aromatic carbocycles. The molecule has 3 heterocycles. The second kappa shape index (κ2) is 8.64. The van der Waals surface area contributed by atoms with Gasteiger partial charge in [0, 0.05) is 25.2 Å². The summed E-state index contributed by atoms with van der Waals surface area (Å²) >= 11 is 0. The first-order valence-electron chi connectivity index (χ1n) is 10.2. The maximum Gasteiger partial charge on any atom is 0.414 e. The molecule has 5 atom stereocenters. The van der Waals surface area contributed by atoms with Gasteiger partial charge >= 0.3 is 6.09 Å². The van der Waals surface area contributed by atoms with Crippen LogP contribution in [-0.2, 0) is 23.7 Å². The van der Waals surface area contributed by atoms with Crippen molar-refractivity contribution in [2.24, 2.45) is 5.11 Å². The Labute approximate surface area is 184 Å². The summed E-state index contributed by atoms with van der Waals surface area (Å²) in [5.74, 6) is -1.41. The van der Waals surface area contributed by atoms with E-state index in [4.69, 9.17) is 38.7 Å². The maximum atomic E-state index is 12.7. The number of carbonyl (C=O) groups excluding carboxylic acids is 1. The van der Waals surface area contributed by atoms with Crippen molar-refractivity contribution in [3.63, 3.8) is 0 Å². The van der Waals surface area contributed by atoms with E-state index in [9.17, 15) is 4.79 Å². The van der Waals surface area contributed by atoms with Gasteiger partial charge in [-0.2, -0.15) is 0 Å². The van der Waals surface area contributed by atoms with Crippen LogP contribution in [0.25, 0.3) is 10.4 Å². The van der Waals surface area contributed by atoms with Crippen LogP contribution in [0.4, 0.5) is 10.5 Å². The van der Waals surface area contributed by atoms with Gasteiger partial charge in [0.05, 0.1) is 24.9 Å². The number of ether oxygens (including phenoxy) is 7. The Kier molecular flexibility index (Phi) is 6.06. The van der Waals surface area contributed by atoms with Gasteiger partial charge in [0.2, 0.25) is 11.6 Å². The van der Waals surface area contributed by atoms with Gasteiger partial charge in [-0.3, -0.25) is 4.90 Å². The van der Waals surface area contributed by atoms with Gasteiger partial charge in [-0.05, 0) is 31.5 Å². The van der Waals surface area contributed by atoms with E-state index >= 15 is 0 Å². The van der Waals surface area contributed by atoms with E-state index in [-0.39, 0.29) is 13.1 Å². The fourth-order valence-corrected chi connectivity index (χ4v) is 4.01. The lowest BCUT2D eigenvalue weighted by Gasteiger charge is -2.52. The number of hydrogen-bond acceptors (Lipinski definition) is 9. The predicted octanol–water partition coefficient (Wildman–Crippen LogP) is 2.60. The molecular weight excluding hydrogens is 424 g/mol. The molecule has 0 bridgehead atoms. The summed E-state index contributed by atoms with van der Waals surface area (Å²) in [6, 6.07) is 5.24. The molecule has 1 amide bonds. The number of carbonyl (C=O) groups is 1. The Morgan fingerprint density at radius 1 is 1.16 bits per heavy atom. The number of nitrogens with zero attached hydrogens (tertiary/aromatic N) is 4. The lowest BCUT2D eigenvalue weighted by molar-refractivity contribution is -0.451. The minimum absolute atomic E-state index is 0.0437. The minimum Gasteiger partial charge on any atom is -0.486 e. The smallest absolute Gasteiger partial charge is 0.414 e. The number of benzene rings is 1. The maximum absolute atomic E-state index is 12.7. The van der Waals surface area contributed by atoms with Crippen LogP contribution < -0.4 is 14.4 Å². The van der Waals surface area contributed by atoms with E-state index < -0.39 is 36.0 Å². The van der Waals surface area contributed by atoms with Crippen LogP contribution in [0.5, 0.6) is 11.5 Å². The summed E-state index contributed by atoms with van der Waals surface area (Å²) in [6.45, 7) is 4.39. The van der Waals surface area contributed by atoms with Crippen molar-refractivity contribution < 1.29 is 38.0 Å². The summed E-state index contributed by atoms with van der Waals surface area (Å²) in [5, 5.41) is 3.63. The average molecular weight is 450 g/mol. The van der Waals surface area contributed by atoms with Crippen molar-refractivity contribution in [1.29, 1.82) is 0 Å². The standard InChI is InChI=1S/C20H26N4O8/c1-19(26-3)20(2,27-4)32-17(15(31-19)10-22-23-21)16-11-24(18(25)30-16)12-5-6-13-14(9-12)29-8-7-28-13/h5-6,9,15-17H,7-8,10-11H2,1-4H3/t15-,16-,17+,19+,20+/m0/s1. The molecule has 1 aromatic rings. The molecule has 12 nitrogen and oxygen atoms in total. The normalized spacial score (nSPS) is 34.1. The van der Waals surface area contributed by atoms with Crippen molar-refractivity contribution in [2.45, 2.75) is 43.7 Å². The van der Waals surface area contributed by atoms with Crippen molar-refractivity contribution in [3.8, 4) is 11.5 Å². The zero-order valence-electron chi connectivity index (χ0n) is 18.3. The van der Waals surface area contributed by atoms with Crippen molar-refractivity contribution in [3.05, 3.63) is 28.6 Å². The molecule has 0 spiro atoms. The first-order chi connectivity index (χ1) is 15.3. The fourth-order valence-electron chi connectivity index (χ4n) is 4.01. The van der Waals surface area contributed by atoms with E-state index in [0.29, 0.717) is 30.4 Å². The van der Waals surface area contributed by atoms with Crippen LogP contribution in [0.3, 0.4) is 0 Å². The summed E-state index contributed by atoms with van der Waals surface area (Å²) in [4.78, 5) is 17.0. The Bertz CT molecular complexity index is 925. The third kappa shape index (κ3) is 3.80. The number of methoxy groups -OCH3 is 2. The van der Waals surface area contributed by atoms with E-state index in [0.717, 1.165) is 0 Å². The number of fused-ring (bicyclic) bond motifs is 1. The van der Waals surface area contributed by atoms with Crippen LogP contribution in [0.2, 0.25) is 0 Å². The molecule has 2 saturated heterocycles. The van der Waals surface area contributed by atoms with Gasteiger partial charge in [-0.1, -0.05) is 5.11 Å². The quantitative estimate of drug-likeness (QED) is 0.367. The van der Waals surface area contributed by atoms with Crippen molar-refractivity contribution >= 4 is 11.8 Å². The average Bonchev–Trinajstić information content (AvgIpc) is 3.20. The van der Waals surface area contributed by atoms with Crippen molar-refractivity contribution in [1.82, 2.24) is 0 Å². The Balaban J connectivity index is 1.58. The van der Waals surface area contributed by atoms with E-state index in [1.54, 1.807) is 32.0 Å². The molecule has 0 N–H and O–H groups in total. The summed E-state index contributed by atoms with van der Waals surface area (Å²) in [5.41, 5.74) is 9.40. The van der Waals surface area contributed by atoms with Gasteiger partial charge in [0.1, 0.15) is 19.3 Å². The van der Waals surface area contributed by atoms with Gasteiger partial charge in [0.15, 0.2) is 17.6 Å². The lowest BCUT2D eigenvalue weighted by Crippen LogP contribution is -2.67. The second-order valence-electron chi connectivity index (χ2n) is 7.81. The zero-order chi connectivity index (χ0) is 22.9. The SMILES string of the molecule is CO[C@]1(C)O[C@@H]([C@@H]2CN(c3ccc4c(c3)OCCO4)C(=O)O2)[C@H](CN=[N+]=[N-])O[C@@]1(C)OC. The van der Waals surface area contributed by atoms with Crippen LogP contribution in [0, 0.1) is 0 Å². The van der Waals surface area contributed by atoms with Gasteiger partial charge in [0.25, 0.3) is 0 Å². The molecule has 32 heavy (non-hydrogen) atoms. The summed E-state index contributed by atoms with van der Waals surface area (Å²) in [6.07, 6.45) is -2.78. The zero-order valence-corrected chi connectivity index (χ0v) is 18.3. The topological polar surface area (TPSA) is 134 Å². The van der Waals surface area contributed by atoms with Crippen molar-refractivity contribution in [2.75, 3.05) is 45.4 Å². The van der Waals surface area contributed by atoms with E-state index in [1.165, 1.54) is 19.1 Å². The van der Waals surface area contributed by atoms with Crippen LogP contribution in [0.1, 0.15) is 13.8 Å². The minimum atomic E-state index is -1.31. The number of azide groups is 1. The third-order valence-corrected chi connectivity index (χ3v) is 6.07. The molecule has 0 saturated carbocycles. The number of amides is 1. The second-order valence-corrected chi connectivity index (χ2v) is 7.81. The highest BCUT2D eigenvalue weighted by molar-refractivity contribution is 5.90. The number of cyclic esters (lactones) is 1. The first kappa shape index (κ1) is 22.4. The first-order valence-corrected chi connectivity index (χ1v) is 10.2. The molecule has 0 aromatic heterocycles. The number of hydrogen-bond donors (Lipinski definition) is 0. The number of rotatable bonds is 6. The van der Waals surface area contributed by atoms with Gasteiger partial charge in [-0.25, -0.2) is 4.79 Å². The molecule has 4 rings (SSSR count). The largest absolute Gasteiger partial charge is 0.486 e. The molecule has 0 aliphatic carbocycles. The molecule has 174 valence electrons. The Morgan fingerprint density at radius 3 is 2.53 bits per heavy atom. The van der Waals surface area contributed by atoms with Crippen LogP contribution in [0.15, 0.2) is 23.3 Å². The highest BCUT2D eigenvalue weighted by Crippen LogP contribution is 2.42. The van der Waals surface area contributed by atoms with E-state index in [1.807, 2.05) is 0 Å². The molecule has 3 aliphatic rings. The summed E-state index contributed by atoms with van der Waals surface area (Å²) in [7, 11) is 2.93. The molecular formula is C20H26N4O8. The lowest BCUT2D eigenvalue weighted by atomic mass is 10.00. The Hall–Kier alpha value is -2.76. The molecule has 0 radical (unpaired) electrons.